The lowest BCUT2D eigenvalue weighted by Crippen LogP contribution is -2.36. The Hall–Kier alpha value is -4.72. The number of anilines is 1. The van der Waals surface area contributed by atoms with Crippen molar-refractivity contribution in [3.8, 4) is 11.3 Å². The minimum absolute atomic E-state index is 0.0231. The molecule has 0 saturated heterocycles. The molecule has 0 radical (unpaired) electrons. The van der Waals surface area contributed by atoms with Crippen molar-refractivity contribution in [3.63, 3.8) is 0 Å². The lowest BCUT2D eigenvalue weighted by Gasteiger charge is -2.36. The summed E-state index contributed by atoms with van der Waals surface area (Å²) in [5.74, 6) is -0.472. The van der Waals surface area contributed by atoms with E-state index in [0.717, 1.165) is 19.3 Å². The number of hydrogen-bond acceptors (Lipinski definition) is 7. The third kappa shape index (κ3) is 6.59. The van der Waals surface area contributed by atoms with Crippen LogP contribution in [0.15, 0.2) is 82.0 Å². The number of ether oxygens (including phenoxy) is 2. The van der Waals surface area contributed by atoms with Crippen LogP contribution in [-0.2, 0) is 14.3 Å². The van der Waals surface area contributed by atoms with Crippen LogP contribution >= 0.6 is 0 Å². The van der Waals surface area contributed by atoms with Crippen molar-refractivity contribution in [3.05, 3.63) is 99.7 Å². The molecule has 8 heteroatoms. The van der Waals surface area contributed by atoms with Gasteiger partial charge < -0.3 is 19.2 Å². The maximum atomic E-state index is 13.3. The van der Waals surface area contributed by atoms with E-state index in [1.165, 1.54) is 6.07 Å². The van der Waals surface area contributed by atoms with Gasteiger partial charge >= 0.3 is 11.9 Å². The van der Waals surface area contributed by atoms with Gasteiger partial charge in [-0.1, -0.05) is 75.7 Å². The number of fused-ring (bicyclic) bond motifs is 1. The molecule has 1 aliphatic rings. The summed E-state index contributed by atoms with van der Waals surface area (Å²) in [7, 11) is 0. The molecule has 228 valence electrons. The topological polar surface area (TPSA) is 112 Å². The largest absolute Gasteiger partial charge is 0.458 e. The molecular formula is C36H37NO7. The summed E-state index contributed by atoms with van der Waals surface area (Å²) < 4.78 is 17.4. The first-order valence-corrected chi connectivity index (χ1v) is 15.0. The summed E-state index contributed by atoms with van der Waals surface area (Å²) in [4.78, 5) is 52.4. The lowest BCUT2D eigenvalue weighted by atomic mass is 9.75. The number of nitrogens with one attached hydrogen (secondary N) is 1. The SMILES string of the molecule is Cc1c(-c2ccccc2)oc2c(C(=O)OCC(=O)Nc3ccccc3C(=O)O[C@@H]3C[C@@H](C)CC[C@H]3C(C)C)cccc2c1=O. The first-order valence-electron chi connectivity index (χ1n) is 15.0. The smallest absolute Gasteiger partial charge is 0.342 e. The van der Waals surface area contributed by atoms with Crippen LogP contribution in [0, 0.1) is 24.7 Å². The van der Waals surface area contributed by atoms with Crippen LogP contribution in [0.2, 0.25) is 0 Å². The first-order chi connectivity index (χ1) is 21.1. The van der Waals surface area contributed by atoms with Gasteiger partial charge in [0.25, 0.3) is 5.91 Å². The molecule has 1 aromatic heterocycles. The molecule has 0 bridgehead atoms. The van der Waals surface area contributed by atoms with E-state index in [0.29, 0.717) is 28.7 Å². The summed E-state index contributed by atoms with van der Waals surface area (Å²) >= 11 is 0. The molecule has 5 rings (SSSR count). The average Bonchev–Trinajstić information content (AvgIpc) is 3.02. The van der Waals surface area contributed by atoms with E-state index < -0.39 is 24.5 Å². The molecular weight excluding hydrogens is 558 g/mol. The molecule has 3 atom stereocenters. The molecule has 1 N–H and O–H groups in total. The quantitative estimate of drug-likeness (QED) is 0.215. The predicted octanol–water partition coefficient (Wildman–Crippen LogP) is 7.18. The summed E-state index contributed by atoms with van der Waals surface area (Å²) in [5.41, 5.74) is 1.45. The fourth-order valence-corrected chi connectivity index (χ4v) is 5.95. The van der Waals surface area contributed by atoms with Crippen LogP contribution in [0.1, 0.15) is 66.3 Å². The Morgan fingerprint density at radius 2 is 1.61 bits per heavy atom. The predicted molar refractivity (Wildman–Crippen MR) is 169 cm³/mol. The lowest BCUT2D eigenvalue weighted by molar-refractivity contribution is -0.119. The fraction of sp³-hybridized carbons (Fsp3) is 0.333. The van der Waals surface area contributed by atoms with Crippen LogP contribution < -0.4 is 10.7 Å². The van der Waals surface area contributed by atoms with Crippen molar-refractivity contribution in [1.82, 2.24) is 0 Å². The second-order valence-corrected chi connectivity index (χ2v) is 11.9. The van der Waals surface area contributed by atoms with E-state index in [9.17, 15) is 19.2 Å². The van der Waals surface area contributed by atoms with Crippen molar-refractivity contribution in [2.24, 2.45) is 17.8 Å². The highest BCUT2D eigenvalue weighted by atomic mass is 16.5. The number of hydrogen-bond donors (Lipinski definition) is 1. The average molecular weight is 596 g/mol. The molecule has 0 spiro atoms. The zero-order valence-corrected chi connectivity index (χ0v) is 25.4. The summed E-state index contributed by atoms with van der Waals surface area (Å²) in [6, 6.07) is 20.4. The molecule has 1 heterocycles. The van der Waals surface area contributed by atoms with E-state index in [1.807, 2.05) is 30.3 Å². The number of esters is 2. The third-order valence-electron chi connectivity index (χ3n) is 8.38. The second kappa shape index (κ2) is 13.3. The van der Waals surface area contributed by atoms with E-state index in [4.69, 9.17) is 13.9 Å². The van der Waals surface area contributed by atoms with Crippen molar-refractivity contribution >= 4 is 34.5 Å². The van der Waals surface area contributed by atoms with Gasteiger partial charge in [0.15, 0.2) is 17.6 Å². The highest BCUT2D eigenvalue weighted by Gasteiger charge is 2.34. The Balaban J connectivity index is 1.29. The minimum atomic E-state index is -0.824. The van der Waals surface area contributed by atoms with E-state index in [2.05, 4.69) is 26.1 Å². The maximum Gasteiger partial charge on any atom is 0.342 e. The maximum absolute atomic E-state index is 13.3. The Morgan fingerprint density at radius 1 is 0.909 bits per heavy atom. The first kappa shape index (κ1) is 30.7. The molecule has 1 amide bonds. The van der Waals surface area contributed by atoms with E-state index >= 15 is 0 Å². The number of rotatable bonds is 8. The number of para-hydroxylation sites is 2. The fourth-order valence-electron chi connectivity index (χ4n) is 5.95. The summed E-state index contributed by atoms with van der Waals surface area (Å²) in [6.45, 7) is 7.52. The van der Waals surface area contributed by atoms with Crippen molar-refractivity contribution in [1.29, 1.82) is 0 Å². The van der Waals surface area contributed by atoms with Gasteiger partial charge in [-0.05, 0) is 61.8 Å². The van der Waals surface area contributed by atoms with Crippen molar-refractivity contribution < 1.29 is 28.3 Å². The molecule has 0 aliphatic heterocycles. The highest BCUT2D eigenvalue weighted by Crippen LogP contribution is 2.36. The van der Waals surface area contributed by atoms with Gasteiger partial charge in [-0.2, -0.15) is 0 Å². The number of carbonyl (C=O) groups excluding carboxylic acids is 3. The highest BCUT2D eigenvalue weighted by molar-refractivity contribution is 6.05. The number of amides is 1. The van der Waals surface area contributed by atoms with Gasteiger partial charge in [-0.25, -0.2) is 9.59 Å². The van der Waals surface area contributed by atoms with Gasteiger partial charge in [-0.15, -0.1) is 0 Å². The minimum Gasteiger partial charge on any atom is -0.458 e. The second-order valence-electron chi connectivity index (χ2n) is 11.9. The van der Waals surface area contributed by atoms with E-state index in [1.54, 1.807) is 43.3 Å². The van der Waals surface area contributed by atoms with Gasteiger partial charge in [-0.3, -0.25) is 9.59 Å². The van der Waals surface area contributed by atoms with Crippen LogP contribution in [0.25, 0.3) is 22.3 Å². The molecule has 0 unspecified atom stereocenters. The molecule has 8 nitrogen and oxygen atoms in total. The third-order valence-corrected chi connectivity index (χ3v) is 8.38. The van der Waals surface area contributed by atoms with Crippen LogP contribution in [0.3, 0.4) is 0 Å². The Morgan fingerprint density at radius 3 is 2.36 bits per heavy atom. The Labute approximate surface area is 256 Å². The summed E-state index contributed by atoms with van der Waals surface area (Å²) in [5, 5.41) is 2.91. The molecule has 3 aromatic carbocycles. The monoisotopic (exact) mass is 595 g/mol. The zero-order chi connectivity index (χ0) is 31.4. The van der Waals surface area contributed by atoms with Gasteiger partial charge in [0.1, 0.15) is 17.4 Å². The van der Waals surface area contributed by atoms with Crippen molar-refractivity contribution in [2.45, 2.75) is 53.1 Å². The normalized spacial score (nSPS) is 18.2. The van der Waals surface area contributed by atoms with Gasteiger partial charge in [0.05, 0.1) is 16.6 Å². The Bertz CT molecular complexity index is 1740. The molecule has 1 saturated carbocycles. The van der Waals surface area contributed by atoms with Gasteiger partial charge in [0, 0.05) is 11.1 Å². The standard InChI is InChI=1S/C36H37NO7/c1-21(2)25-18-17-22(3)19-30(25)43-36(41)26-13-8-9-16-29(26)37-31(38)20-42-35(40)28-15-10-14-27-32(39)23(4)33(44-34(27)28)24-11-6-5-7-12-24/h5-16,21-22,25,30H,17-20H2,1-4H3,(H,37,38)/t22-,25-,30+/m0/s1. The number of benzene rings is 3. The summed E-state index contributed by atoms with van der Waals surface area (Å²) in [6.07, 6.45) is 2.73. The molecule has 44 heavy (non-hydrogen) atoms. The van der Waals surface area contributed by atoms with Crippen LogP contribution in [-0.4, -0.2) is 30.6 Å². The van der Waals surface area contributed by atoms with Crippen LogP contribution in [0.5, 0.6) is 0 Å². The van der Waals surface area contributed by atoms with E-state index in [-0.39, 0.29) is 45.2 Å². The van der Waals surface area contributed by atoms with Crippen LogP contribution in [0.4, 0.5) is 5.69 Å². The Kier molecular flexibility index (Phi) is 9.28. The van der Waals surface area contributed by atoms with Gasteiger partial charge in [0.2, 0.25) is 0 Å². The zero-order valence-electron chi connectivity index (χ0n) is 25.4. The molecule has 1 aliphatic carbocycles. The molecule has 1 fully saturated rings. The molecule has 4 aromatic rings. The van der Waals surface area contributed by atoms with Crippen molar-refractivity contribution in [2.75, 3.05) is 11.9 Å². The number of carbonyl (C=O) groups is 3.